The van der Waals surface area contributed by atoms with E-state index in [1.54, 1.807) is 7.05 Å². The van der Waals surface area contributed by atoms with Crippen LogP contribution in [0.25, 0.3) is 0 Å². The molecule has 1 heterocycles. The zero-order valence-corrected chi connectivity index (χ0v) is 20.9. The molecular weight excluding hydrogens is 525 g/mol. The summed E-state index contributed by atoms with van der Waals surface area (Å²) in [5.41, 5.74) is 8.94. The monoisotopic (exact) mass is 555 g/mol. The Morgan fingerprint density at radius 3 is 2.65 bits per heavy atom. The molecule has 168 valence electrons. The van der Waals surface area contributed by atoms with Crippen molar-refractivity contribution in [2.24, 2.45) is 16.6 Å². The number of likely N-dealkylation sites (tertiary alicyclic amines) is 1. The number of amides is 1. The first-order valence-electron chi connectivity index (χ1n) is 10.3. The van der Waals surface area contributed by atoms with Gasteiger partial charge in [0.2, 0.25) is 5.91 Å². The quantitative estimate of drug-likeness (QED) is 0.277. The van der Waals surface area contributed by atoms with Gasteiger partial charge in [0, 0.05) is 38.2 Å². The predicted octanol–water partition coefficient (Wildman–Crippen LogP) is 3.52. The minimum atomic E-state index is -0.187. The van der Waals surface area contributed by atoms with E-state index in [0.717, 1.165) is 49.0 Å². The van der Waals surface area contributed by atoms with Crippen molar-refractivity contribution in [1.82, 2.24) is 15.5 Å². The first-order chi connectivity index (χ1) is 14.5. The molecule has 0 radical (unpaired) electrons. The van der Waals surface area contributed by atoms with Crippen LogP contribution in [0.4, 0.5) is 0 Å². The van der Waals surface area contributed by atoms with Gasteiger partial charge in [-0.1, -0.05) is 54.1 Å². The van der Waals surface area contributed by atoms with E-state index in [4.69, 9.17) is 17.3 Å². The molecule has 2 aromatic carbocycles. The van der Waals surface area contributed by atoms with E-state index >= 15 is 0 Å². The summed E-state index contributed by atoms with van der Waals surface area (Å²) in [5, 5.41) is 7.38. The molecule has 1 amide bonds. The summed E-state index contributed by atoms with van der Waals surface area (Å²) < 4.78 is 0. The summed E-state index contributed by atoms with van der Waals surface area (Å²) in [7, 11) is 1.75. The minimum absolute atomic E-state index is 0. The number of nitrogens with two attached hydrogens (primary N) is 1. The van der Waals surface area contributed by atoms with Gasteiger partial charge in [-0.2, -0.15) is 0 Å². The molecule has 0 saturated carbocycles. The number of primary amides is 1. The van der Waals surface area contributed by atoms with Crippen molar-refractivity contribution >= 4 is 47.4 Å². The summed E-state index contributed by atoms with van der Waals surface area (Å²) in [4.78, 5) is 18.1. The second-order valence-electron chi connectivity index (χ2n) is 7.67. The number of aliphatic imine (C=N–C) groups is 1. The number of nitrogens with zero attached hydrogens (tertiary/aromatic N) is 2. The van der Waals surface area contributed by atoms with Gasteiger partial charge in [0.05, 0.1) is 5.92 Å². The molecule has 31 heavy (non-hydrogen) atoms. The molecule has 4 N–H and O–H groups in total. The number of carbonyl (C=O) groups excluding carboxylic acids is 1. The normalized spacial score (nSPS) is 17.0. The number of halogens is 2. The lowest BCUT2D eigenvalue weighted by Crippen LogP contribution is -2.40. The lowest BCUT2D eigenvalue weighted by Gasteiger charge is -2.31. The number of carbonyl (C=O) groups is 1. The third kappa shape index (κ3) is 7.97. The lowest BCUT2D eigenvalue weighted by molar-refractivity contribution is -0.123. The van der Waals surface area contributed by atoms with Gasteiger partial charge in [0.25, 0.3) is 0 Å². The fraction of sp³-hybridized carbons (Fsp3) is 0.391. The highest BCUT2D eigenvalue weighted by molar-refractivity contribution is 14.0. The Balaban J connectivity index is 0.00000341. The Kier molecular flexibility index (Phi) is 10.6. The van der Waals surface area contributed by atoms with Gasteiger partial charge in [-0.25, -0.2) is 0 Å². The number of hydrogen-bond acceptors (Lipinski definition) is 3. The van der Waals surface area contributed by atoms with Crippen LogP contribution < -0.4 is 16.4 Å². The summed E-state index contributed by atoms with van der Waals surface area (Å²) >= 11 is 6.22. The highest BCUT2D eigenvalue weighted by atomic mass is 127. The van der Waals surface area contributed by atoms with Gasteiger partial charge < -0.3 is 16.4 Å². The average molecular weight is 556 g/mol. The molecule has 1 saturated heterocycles. The largest absolute Gasteiger partial charge is 0.369 e. The van der Waals surface area contributed by atoms with Crippen molar-refractivity contribution in [3.05, 3.63) is 70.2 Å². The second-order valence-corrected chi connectivity index (χ2v) is 8.07. The van der Waals surface area contributed by atoms with Crippen molar-refractivity contribution < 1.29 is 4.79 Å². The topological polar surface area (TPSA) is 82.8 Å². The lowest BCUT2D eigenvalue weighted by atomic mass is 9.97. The Morgan fingerprint density at radius 1 is 1.16 bits per heavy atom. The molecule has 1 aliphatic heterocycles. The Bertz CT molecular complexity index is 892. The Labute approximate surface area is 206 Å². The van der Waals surface area contributed by atoms with Crippen molar-refractivity contribution in [3.63, 3.8) is 0 Å². The maximum atomic E-state index is 11.5. The molecule has 0 aliphatic carbocycles. The number of guanidine groups is 1. The fourth-order valence-corrected chi connectivity index (χ4v) is 3.96. The number of rotatable bonds is 7. The summed E-state index contributed by atoms with van der Waals surface area (Å²) in [5.74, 6) is 0.505. The molecule has 1 fully saturated rings. The molecule has 2 aromatic rings. The third-order valence-electron chi connectivity index (χ3n) is 5.39. The van der Waals surface area contributed by atoms with Gasteiger partial charge in [0.15, 0.2) is 5.96 Å². The summed E-state index contributed by atoms with van der Waals surface area (Å²) in [6.07, 6.45) is 1.92. The van der Waals surface area contributed by atoms with E-state index in [2.05, 4.69) is 44.8 Å². The van der Waals surface area contributed by atoms with Crippen LogP contribution in [0, 0.1) is 5.92 Å². The highest BCUT2D eigenvalue weighted by Crippen LogP contribution is 2.19. The maximum Gasteiger partial charge on any atom is 0.221 e. The van der Waals surface area contributed by atoms with Crippen molar-refractivity contribution in [2.45, 2.75) is 32.5 Å². The molecule has 0 bridgehead atoms. The SMILES string of the molecule is CN=C(NCc1cccc(CN2CCCC(C(N)=O)C2)c1)NCc1ccccc1Cl.I. The first kappa shape index (κ1) is 25.4. The van der Waals surface area contributed by atoms with E-state index < -0.39 is 0 Å². The summed E-state index contributed by atoms with van der Waals surface area (Å²) in [6.45, 7) is 3.85. The predicted molar refractivity (Wildman–Crippen MR) is 138 cm³/mol. The third-order valence-corrected chi connectivity index (χ3v) is 5.76. The standard InChI is InChI=1S/C23H30ClN5O.HI/c1-26-23(28-14-19-8-2-3-10-21(19)24)27-13-17-6-4-7-18(12-17)15-29-11-5-9-20(16-29)22(25)30;/h2-4,6-8,10,12,20H,5,9,11,13-16H2,1H3,(H2,25,30)(H2,26,27,28);1H. The van der Waals surface area contributed by atoms with Crippen molar-refractivity contribution in [3.8, 4) is 0 Å². The zero-order chi connectivity index (χ0) is 21.3. The van der Waals surface area contributed by atoms with Crippen LogP contribution in [0.1, 0.15) is 29.5 Å². The van der Waals surface area contributed by atoms with Gasteiger partial charge in [-0.05, 0) is 42.1 Å². The van der Waals surface area contributed by atoms with E-state index in [-0.39, 0.29) is 35.8 Å². The van der Waals surface area contributed by atoms with E-state index in [1.807, 2.05) is 24.3 Å². The van der Waals surface area contributed by atoms with Crippen LogP contribution in [0.15, 0.2) is 53.5 Å². The molecular formula is C23H31ClIN5O. The molecule has 6 nitrogen and oxygen atoms in total. The minimum Gasteiger partial charge on any atom is -0.369 e. The molecule has 3 rings (SSSR count). The van der Waals surface area contributed by atoms with Crippen LogP contribution >= 0.6 is 35.6 Å². The highest BCUT2D eigenvalue weighted by Gasteiger charge is 2.23. The number of benzene rings is 2. The van der Waals surface area contributed by atoms with E-state index in [1.165, 1.54) is 11.1 Å². The van der Waals surface area contributed by atoms with Gasteiger partial charge in [0.1, 0.15) is 0 Å². The Morgan fingerprint density at radius 2 is 1.90 bits per heavy atom. The molecule has 1 unspecified atom stereocenters. The number of hydrogen-bond donors (Lipinski definition) is 3. The number of nitrogens with one attached hydrogen (secondary N) is 2. The smallest absolute Gasteiger partial charge is 0.221 e. The van der Waals surface area contributed by atoms with Crippen LogP contribution in [-0.4, -0.2) is 36.9 Å². The Hall–Kier alpha value is -1.84. The first-order valence-corrected chi connectivity index (χ1v) is 10.7. The summed E-state index contributed by atoms with van der Waals surface area (Å²) in [6, 6.07) is 16.3. The van der Waals surface area contributed by atoms with E-state index in [9.17, 15) is 4.79 Å². The van der Waals surface area contributed by atoms with Crippen molar-refractivity contribution in [2.75, 3.05) is 20.1 Å². The molecule has 8 heteroatoms. The van der Waals surface area contributed by atoms with Gasteiger partial charge in [-0.15, -0.1) is 24.0 Å². The van der Waals surface area contributed by atoms with Crippen molar-refractivity contribution in [1.29, 1.82) is 0 Å². The molecule has 1 atom stereocenters. The van der Waals surface area contributed by atoms with Crippen LogP contribution in [0.3, 0.4) is 0 Å². The van der Waals surface area contributed by atoms with Gasteiger partial charge >= 0.3 is 0 Å². The molecule has 0 spiro atoms. The van der Waals surface area contributed by atoms with Crippen LogP contribution in [0.5, 0.6) is 0 Å². The van der Waals surface area contributed by atoms with Crippen LogP contribution in [0.2, 0.25) is 5.02 Å². The zero-order valence-electron chi connectivity index (χ0n) is 17.8. The maximum absolute atomic E-state index is 11.5. The molecule has 0 aromatic heterocycles. The second kappa shape index (κ2) is 12.9. The average Bonchev–Trinajstić information content (AvgIpc) is 2.75. The fourth-order valence-electron chi connectivity index (χ4n) is 3.75. The van der Waals surface area contributed by atoms with E-state index in [0.29, 0.717) is 13.1 Å². The number of piperidine rings is 1. The van der Waals surface area contributed by atoms with Gasteiger partial charge in [-0.3, -0.25) is 14.7 Å². The van der Waals surface area contributed by atoms with Crippen LogP contribution in [-0.2, 0) is 24.4 Å². The molecule has 1 aliphatic rings.